The maximum absolute atomic E-state index is 12.3. The Morgan fingerprint density at radius 2 is 1.88 bits per heavy atom. The minimum Gasteiger partial charge on any atom is -0.481 e. The molecule has 2 rings (SSSR count). The summed E-state index contributed by atoms with van der Waals surface area (Å²) >= 11 is 5.93. The van der Waals surface area contributed by atoms with Gasteiger partial charge in [-0.05, 0) is 44.8 Å². The molecule has 0 saturated heterocycles. The van der Waals surface area contributed by atoms with Crippen LogP contribution in [0.1, 0.15) is 18.5 Å². The van der Waals surface area contributed by atoms with Crippen molar-refractivity contribution < 1.29 is 9.53 Å². The van der Waals surface area contributed by atoms with E-state index in [-0.39, 0.29) is 11.9 Å². The van der Waals surface area contributed by atoms with Crippen LogP contribution in [0.2, 0.25) is 5.02 Å². The van der Waals surface area contributed by atoms with Crippen molar-refractivity contribution in [2.45, 2.75) is 19.1 Å². The number of carbonyl (C=O) groups is 1. The summed E-state index contributed by atoms with van der Waals surface area (Å²) in [5.74, 6) is 0.426. The largest absolute Gasteiger partial charge is 0.481 e. The number of hydrogen-bond donors (Lipinski definition) is 1. The minimum absolute atomic E-state index is 0.105. The number of nitrogens with zero attached hydrogens (tertiary/aromatic N) is 1. The van der Waals surface area contributed by atoms with E-state index in [9.17, 15) is 4.79 Å². The van der Waals surface area contributed by atoms with Crippen molar-refractivity contribution in [3.8, 4) is 5.75 Å². The molecule has 0 aromatic heterocycles. The third-order valence-corrected chi connectivity index (χ3v) is 3.99. The Labute approximate surface area is 148 Å². The number of likely N-dealkylation sites (N-methyl/N-ethyl adjacent to an activating group) is 1. The Morgan fingerprint density at radius 1 is 1.17 bits per heavy atom. The zero-order valence-electron chi connectivity index (χ0n) is 14.2. The Balaban J connectivity index is 1.93. The van der Waals surface area contributed by atoms with Crippen LogP contribution in [0.4, 0.5) is 0 Å². The number of rotatable bonds is 7. The number of ether oxygens (including phenoxy) is 1. The van der Waals surface area contributed by atoms with Crippen molar-refractivity contribution in [2.75, 3.05) is 20.6 Å². The van der Waals surface area contributed by atoms with E-state index in [1.165, 1.54) is 0 Å². The first-order valence-corrected chi connectivity index (χ1v) is 8.26. The molecule has 0 aliphatic carbocycles. The second kappa shape index (κ2) is 8.71. The van der Waals surface area contributed by atoms with Gasteiger partial charge in [-0.15, -0.1) is 0 Å². The van der Waals surface area contributed by atoms with Crippen LogP contribution in [0.3, 0.4) is 0 Å². The fourth-order valence-corrected chi connectivity index (χ4v) is 2.59. The maximum atomic E-state index is 12.3. The molecule has 24 heavy (non-hydrogen) atoms. The van der Waals surface area contributed by atoms with Gasteiger partial charge in [-0.2, -0.15) is 0 Å². The van der Waals surface area contributed by atoms with Crippen LogP contribution >= 0.6 is 11.6 Å². The number of amides is 1. The molecule has 4 nitrogen and oxygen atoms in total. The fourth-order valence-electron chi connectivity index (χ4n) is 2.41. The molecule has 2 unspecified atom stereocenters. The average molecular weight is 347 g/mol. The number of halogens is 1. The summed E-state index contributed by atoms with van der Waals surface area (Å²) in [7, 11) is 3.99. The Morgan fingerprint density at radius 3 is 2.50 bits per heavy atom. The summed E-state index contributed by atoms with van der Waals surface area (Å²) in [5.41, 5.74) is 1.16. The molecule has 0 spiro atoms. The Hall–Kier alpha value is -2.04. The van der Waals surface area contributed by atoms with Crippen LogP contribution in [-0.4, -0.2) is 37.6 Å². The Kier molecular flexibility index (Phi) is 6.64. The highest BCUT2D eigenvalue weighted by Gasteiger charge is 2.19. The molecule has 5 heteroatoms. The van der Waals surface area contributed by atoms with E-state index in [4.69, 9.17) is 16.3 Å². The Bertz CT molecular complexity index is 661. The molecule has 0 saturated carbocycles. The average Bonchev–Trinajstić information content (AvgIpc) is 2.55. The lowest BCUT2D eigenvalue weighted by atomic mass is 10.1. The lowest BCUT2D eigenvalue weighted by molar-refractivity contribution is -0.127. The third kappa shape index (κ3) is 5.25. The maximum Gasteiger partial charge on any atom is 0.260 e. The van der Waals surface area contributed by atoms with Gasteiger partial charge in [0.2, 0.25) is 0 Å². The van der Waals surface area contributed by atoms with Crippen molar-refractivity contribution in [1.29, 1.82) is 0 Å². The summed E-state index contributed by atoms with van der Waals surface area (Å²) in [6.45, 7) is 2.24. The fraction of sp³-hybridized carbons (Fsp3) is 0.316. The summed E-state index contributed by atoms with van der Waals surface area (Å²) in [5, 5.41) is 3.54. The minimum atomic E-state index is -0.595. The summed E-state index contributed by atoms with van der Waals surface area (Å²) < 4.78 is 5.65. The van der Waals surface area contributed by atoms with Gasteiger partial charge < -0.3 is 15.0 Å². The first kappa shape index (κ1) is 18.3. The first-order chi connectivity index (χ1) is 11.5. The van der Waals surface area contributed by atoms with E-state index in [1.54, 1.807) is 31.2 Å². The van der Waals surface area contributed by atoms with Gasteiger partial charge in [-0.25, -0.2) is 0 Å². The predicted molar refractivity (Wildman–Crippen MR) is 97.4 cm³/mol. The van der Waals surface area contributed by atoms with Crippen molar-refractivity contribution in [2.24, 2.45) is 0 Å². The van der Waals surface area contributed by atoms with Crippen LogP contribution in [-0.2, 0) is 4.79 Å². The second-order valence-corrected chi connectivity index (χ2v) is 6.29. The van der Waals surface area contributed by atoms with Crippen LogP contribution in [0.25, 0.3) is 0 Å². The van der Waals surface area contributed by atoms with E-state index in [0.717, 1.165) is 5.56 Å². The monoisotopic (exact) mass is 346 g/mol. The van der Waals surface area contributed by atoms with Crippen LogP contribution in [0, 0.1) is 0 Å². The van der Waals surface area contributed by atoms with Gasteiger partial charge in [-0.1, -0.05) is 48.0 Å². The highest BCUT2D eigenvalue weighted by atomic mass is 35.5. The molecular weight excluding hydrogens is 324 g/mol. The van der Waals surface area contributed by atoms with Gasteiger partial charge in [0, 0.05) is 11.6 Å². The number of benzene rings is 2. The van der Waals surface area contributed by atoms with E-state index >= 15 is 0 Å². The molecule has 128 valence electrons. The molecule has 0 heterocycles. The van der Waals surface area contributed by atoms with Crippen molar-refractivity contribution >= 4 is 17.5 Å². The van der Waals surface area contributed by atoms with Crippen LogP contribution in [0.5, 0.6) is 5.75 Å². The van der Waals surface area contributed by atoms with E-state index in [2.05, 4.69) is 22.3 Å². The van der Waals surface area contributed by atoms with Crippen molar-refractivity contribution in [1.82, 2.24) is 10.2 Å². The lowest BCUT2D eigenvalue weighted by Crippen LogP contribution is -2.41. The molecule has 2 aromatic rings. The van der Waals surface area contributed by atoms with Crippen molar-refractivity contribution in [3.63, 3.8) is 0 Å². The molecule has 0 bridgehead atoms. The zero-order valence-corrected chi connectivity index (χ0v) is 15.0. The van der Waals surface area contributed by atoms with E-state index < -0.39 is 6.10 Å². The van der Waals surface area contributed by atoms with Gasteiger partial charge in [0.25, 0.3) is 5.91 Å². The van der Waals surface area contributed by atoms with Gasteiger partial charge in [0.1, 0.15) is 5.75 Å². The summed E-state index contributed by atoms with van der Waals surface area (Å²) in [4.78, 5) is 14.4. The second-order valence-electron chi connectivity index (χ2n) is 5.85. The number of nitrogens with one attached hydrogen (secondary N) is 1. The molecular formula is C19H23ClN2O2. The number of carbonyl (C=O) groups excluding carboxylic acids is 1. The number of hydrogen-bond acceptors (Lipinski definition) is 3. The van der Waals surface area contributed by atoms with Gasteiger partial charge in [0.15, 0.2) is 6.10 Å². The quantitative estimate of drug-likeness (QED) is 0.834. The summed E-state index contributed by atoms with van der Waals surface area (Å²) in [6.07, 6.45) is -0.595. The van der Waals surface area contributed by atoms with Crippen LogP contribution in [0.15, 0.2) is 54.6 Å². The molecule has 1 amide bonds. The molecule has 1 N–H and O–H groups in total. The lowest BCUT2D eigenvalue weighted by Gasteiger charge is -2.26. The summed E-state index contributed by atoms with van der Waals surface area (Å²) in [6, 6.07) is 17.2. The van der Waals surface area contributed by atoms with Crippen molar-refractivity contribution in [3.05, 3.63) is 65.2 Å². The third-order valence-electron chi connectivity index (χ3n) is 3.76. The zero-order chi connectivity index (χ0) is 17.5. The highest BCUT2D eigenvalue weighted by Crippen LogP contribution is 2.19. The molecule has 0 aliphatic rings. The topological polar surface area (TPSA) is 41.6 Å². The van der Waals surface area contributed by atoms with E-state index in [1.807, 2.05) is 32.3 Å². The smallest absolute Gasteiger partial charge is 0.260 e. The van der Waals surface area contributed by atoms with E-state index in [0.29, 0.717) is 17.3 Å². The standard InChI is InChI=1S/C19H23ClN2O2/c1-14(24-17-11-7-10-16(20)12-17)19(23)21-13-18(22(2)3)15-8-5-4-6-9-15/h4-12,14,18H,13H2,1-3H3,(H,21,23). The van der Waals surface area contributed by atoms with Gasteiger partial charge in [-0.3, -0.25) is 4.79 Å². The van der Waals surface area contributed by atoms with Crippen LogP contribution < -0.4 is 10.1 Å². The molecule has 0 aliphatic heterocycles. The van der Waals surface area contributed by atoms with Gasteiger partial charge in [0.05, 0.1) is 6.04 Å². The first-order valence-electron chi connectivity index (χ1n) is 7.88. The highest BCUT2D eigenvalue weighted by molar-refractivity contribution is 6.30. The van der Waals surface area contributed by atoms with Gasteiger partial charge >= 0.3 is 0 Å². The SMILES string of the molecule is CC(Oc1cccc(Cl)c1)C(=O)NCC(c1ccccc1)N(C)C. The predicted octanol–water partition coefficient (Wildman–Crippen LogP) is 3.53. The molecule has 2 atom stereocenters. The molecule has 0 fully saturated rings. The normalized spacial score (nSPS) is 13.4. The molecule has 0 radical (unpaired) electrons. The molecule has 2 aromatic carbocycles.